The molecule has 0 saturated heterocycles. The zero-order valence-corrected chi connectivity index (χ0v) is 14.6. The number of nitrogens with zero attached hydrogens (tertiary/aromatic N) is 1. The summed E-state index contributed by atoms with van der Waals surface area (Å²) in [5, 5.41) is 3.04. The standard InChI is InChI=1S/C17H21N3O3S/c1-18-24(22,23)13-10-16(20(2)11-13)17(21)19-15-9-5-7-12-6-3-4-8-14(12)15/h3-4,6,8,10-11,15,18H,5,7,9H2,1-2H3,(H,19,21)/t15-/m1/s1. The van der Waals surface area contributed by atoms with Crippen LogP contribution < -0.4 is 10.0 Å². The van der Waals surface area contributed by atoms with Crippen LogP contribution in [-0.4, -0.2) is 25.9 Å². The maximum atomic E-state index is 12.6. The largest absolute Gasteiger partial charge is 0.345 e. The van der Waals surface area contributed by atoms with Gasteiger partial charge in [0.1, 0.15) is 10.6 Å². The van der Waals surface area contributed by atoms with Gasteiger partial charge in [-0.05, 0) is 43.5 Å². The zero-order valence-electron chi connectivity index (χ0n) is 13.7. The molecule has 1 aromatic heterocycles. The van der Waals surface area contributed by atoms with Crippen LogP contribution in [0.2, 0.25) is 0 Å². The van der Waals surface area contributed by atoms with Gasteiger partial charge in [0.05, 0.1) is 6.04 Å². The van der Waals surface area contributed by atoms with E-state index in [0.717, 1.165) is 24.8 Å². The molecule has 0 aliphatic heterocycles. The molecule has 1 aromatic carbocycles. The van der Waals surface area contributed by atoms with Crippen molar-refractivity contribution in [3.8, 4) is 0 Å². The van der Waals surface area contributed by atoms with Gasteiger partial charge in [0, 0.05) is 13.2 Å². The van der Waals surface area contributed by atoms with Crippen LogP contribution in [0.5, 0.6) is 0 Å². The summed E-state index contributed by atoms with van der Waals surface area (Å²) in [6.07, 6.45) is 4.37. The van der Waals surface area contributed by atoms with Crippen molar-refractivity contribution in [3.63, 3.8) is 0 Å². The number of sulfonamides is 1. The topological polar surface area (TPSA) is 80.2 Å². The summed E-state index contributed by atoms with van der Waals surface area (Å²) in [6.45, 7) is 0. The Balaban J connectivity index is 1.84. The highest BCUT2D eigenvalue weighted by Crippen LogP contribution is 2.29. The third-order valence-electron chi connectivity index (χ3n) is 4.47. The third-order valence-corrected chi connectivity index (χ3v) is 5.85. The predicted octanol–water partition coefficient (Wildman–Crippen LogP) is 1.74. The van der Waals surface area contributed by atoms with Gasteiger partial charge in [0.15, 0.2) is 0 Å². The number of carbonyl (C=O) groups is 1. The number of aryl methyl sites for hydroxylation is 2. The van der Waals surface area contributed by atoms with Crippen LogP contribution in [-0.2, 0) is 23.5 Å². The van der Waals surface area contributed by atoms with Gasteiger partial charge >= 0.3 is 0 Å². The molecule has 6 nitrogen and oxygen atoms in total. The summed E-state index contributed by atoms with van der Waals surface area (Å²) >= 11 is 0. The molecule has 128 valence electrons. The lowest BCUT2D eigenvalue weighted by Gasteiger charge is -2.26. The highest BCUT2D eigenvalue weighted by Gasteiger charge is 2.24. The average Bonchev–Trinajstić information content (AvgIpc) is 2.98. The summed E-state index contributed by atoms with van der Waals surface area (Å²) in [7, 11) is -0.553. The number of rotatable bonds is 4. The molecular formula is C17H21N3O3S. The molecule has 1 aliphatic carbocycles. The summed E-state index contributed by atoms with van der Waals surface area (Å²) in [6, 6.07) is 9.48. The van der Waals surface area contributed by atoms with E-state index < -0.39 is 10.0 Å². The van der Waals surface area contributed by atoms with Crippen LogP contribution in [0.1, 0.15) is 40.5 Å². The van der Waals surface area contributed by atoms with Crippen molar-refractivity contribution in [1.29, 1.82) is 0 Å². The number of hydrogen-bond donors (Lipinski definition) is 2. The summed E-state index contributed by atoms with van der Waals surface area (Å²) in [5.41, 5.74) is 2.74. The normalized spacial score (nSPS) is 17.3. The Morgan fingerprint density at radius 1 is 1.29 bits per heavy atom. The van der Waals surface area contributed by atoms with E-state index in [2.05, 4.69) is 16.1 Å². The minimum Gasteiger partial charge on any atom is -0.345 e. The molecule has 3 rings (SSSR count). The van der Waals surface area contributed by atoms with E-state index in [4.69, 9.17) is 0 Å². The molecular weight excluding hydrogens is 326 g/mol. The van der Waals surface area contributed by atoms with Gasteiger partial charge in [-0.1, -0.05) is 24.3 Å². The van der Waals surface area contributed by atoms with E-state index in [9.17, 15) is 13.2 Å². The molecule has 0 fully saturated rings. The van der Waals surface area contributed by atoms with Crippen LogP contribution in [0.25, 0.3) is 0 Å². The SMILES string of the molecule is CNS(=O)(=O)c1cc(C(=O)N[C@@H]2CCCc3ccccc32)n(C)c1. The molecule has 0 spiro atoms. The molecule has 7 heteroatoms. The van der Waals surface area contributed by atoms with Crippen LogP contribution >= 0.6 is 0 Å². The van der Waals surface area contributed by atoms with Gasteiger partial charge < -0.3 is 9.88 Å². The Kier molecular flexibility index (Phi) is 4.47. The molecule has 1 heterocycles. The van der Waals surface area contributed by atoms with Crippen LogP contribution in [0.4, 0.5) is 0 Å². The van der Waals surface area contributed by atoms with Crippen LogP contribution in [0, 0.1) is 0 Å². The van der Waals surface area contributed by atoms with Crippen LogP contribution in [0.3, 0.4) is 0 Å². The molecule has 1 aliphatic rings. The van der Waals surface area contributed by atoms with Crippen molar-refractivity contribution in [1.82, 2.24) is 14.6 Å². The maximum absolute atomic E-state index is 12.6. The molecule has 1 amide bonds. The second kappa shape index (κ2) is 6.41. The number of fused-ring (bicyclic) bond motifs is 1. The first-order chi connectivity index (χ1) is 11.4. The Morgan fingerprint density at radius 2 is 2.04 bits per heavy atom. The lowest BCUT2D eigenvalue weighted by atomic mass is 9.87. The fourth-order valence-electron chi connectivity index (χ4n) is 3.16. The van der Waals surface area contributed by atoms with E-state index in [1.54, 1.807) is 7.05 Å². The molecule has 0 saturated carbocycles. The molecule has 2 N–H and O–H groups in total. The van der Waals surface area contributed by atoms with E-state index >= 15 is 0 Å². The number of nitrogens with one attached hydrogen (secondary N) is 2. The van der Waals surface area contributed by atoms with Crippen molar-refractivity contribution in [2.24, 2.45) is 7.05 Å². The molecule has 2 aromatic rings. The Morgan fingerprint density at radius 3 is 2.79 bits per heavy atom. The quantitative estimate of drug-likeness (QED) is 0.884. The Bertz CT molecular complexity index is 871. The number of amides is 1. The highest BCUT2D eigenvalue weighted by atomic mass is 32.2. The minimum atomic E-state index is -3.57. The summed E-state index contributed by atoms with van der Waals surface area (Å²) in [5.74, 6) is -0.267. The second-order valence-corrected chi connectivity index (χ2v) is 7.88. The lowest BCUT2D eigenvalue weighted by Crippen LogP contribution is -2.32. The fraction of sp³-hybridized carbons (Fsp3) is 0.353. The summed E-state index contributed by atoms with van der Waals surface area (Å²) < 4.78 is 27.6. The number of hydrogen-bond acceptors (Lipinski definition) is 3. The molecule has 0 bridgehead atoms. The molecule has 0 unspecified atom stereocenters. The highest BCUT2D eigenvalue weighted by molar-refractivity contribution is 7.89. The predicted molar refractivity (Wildman–Crippen MR) is 91.2 cm³/mol. The van der Waals surface area contributed by atoms with E-state index in [0.29, 0.717) is 5.69 Å². The second-order valence-electron chi connectivity index (χ2n) is 6.00. The van der Waals surface area contributed by atoms with E-state index in [1.807, 2.05) is 18.2 Å². The summed E-state index contributed by atoms with van der Waals surface area (Å²) in [4.78, 5) is 12.7. The van der Waals surface area contributed by atoms with Crippen molar-refractivity contribution in [3.05, 3.63) is 53.3 Å². The number of carbonyl (C=O) groups excluding carboxylic acids is 1. The minimum absolute atomic E-state index is 0.0401. The smallest absolute Gasteiger partial charge is 0.268 e. The van der Waals surface area contributed by atoms with Gasteiger partial charge in [-0.25, -0.2) is 13.1 Å². The van der Waals surface area contributed by atoms with E-state index in [-0.39, 0.29) is 16.8 Å². The van der Waals surface area contributed by atoms with Gasteiger partial charge in [0.2, 0.25) is 10.0 Å². The lowest BCUT2D eigenvalue weighted by molar-refractivity contribution is 0.0924. The monoisotopic (exact) mass is 347 g/mol. The average molecular weight is 347 g/mol. The first-order valence-electron chi connectivity index (χ1n) is 7.91. The molecule has 1 atom stereocenters. The first kappa shape index (κ1) is 16.7. The third kappa shape index (κ3) is 3.09. The molecule has 24 heavy (non-hydrogen) atoms. The van der Waals surface area contributed by atoms with Gasteiger partial charge in [-0.2, -0.15) is 0 Å². The van der Waals surface area contributed by atoms with Crippen LogP contribution in [0.15, 0.2) is 41.4 Å². The van der Waals surface area contributed by atoms with Gasteiger partial charge in [-0.15, -0.1) is 0 Å². The molecule has 0 radical (unpaired) electrons. The van der Waals surface area contributed by atoms with Gasteiger partial charge in [0.25, 0.3) is 5.91 Å². The van der Waals surface area contributed by atoms with Crippen molar-refractivity contribution in [2.75, 3.05) is 7.05 Å². The first-order valence-corrected chi connectivity index (χ1v) is 9.39. The number of aromatic nitrogens is 1. The van der Waals surface area contributed by atoms with Crippen molar-refractivity contribution < 1.29 is 13.2 Å². The van der Waals surface area contributed by atoms with Crippen molar-refractivity contribution in [2.45, 2.75) is 30.2 Å². The maximum Gasteiger partial charge on any atom is 0.268 e. The van der Waals surface area contributed by atoms with Crippen molar-refractivity contribution >= 4 is 15.9 Å². The van der Waals surface area contributed by atoms with Gasteiger partial charge in [-0.3, -0.25) is 4.79 Å². The Hall–Kier alpha value is -2.12. The van der Waals surface area contributed by atoms with E-state index in [1.165, 1.54) is 29.4 Å². The Labute approximate surface area is 141 Å². The fourth-order valence-corrected chi connectivity index (χ4v) is 3.96. The number of benzene rings is 1. The zero-order chi connectivity index (χ0) is 17.3.